The number of thioether (sulfide) groups is 1. The zero-order valence-corrected chi connectivity index (χ0v) is 10.3. The predicted octanol–water partition coefficient (Wildman–Crippen LogP) is 2.74. The molecule has 1 saturated heterocycles. The van der Waals surface area contributed by atoms with E-state index in [0.29, 0.717) is 0 Å². The van der Waals surface area contributed by atoms with Crippen LogP contribution >= 0.6 is 23.3 Å². The summed E-state index contributed by atoms with van der Waals surface area (Å²) < 4.78 is 4.53. The van der Waals surface area contributed by atoms with E-state index >= 15 is 0 Å². The minimum Gasteiger partial charge on any atom is -0.322 e. The number of aromatic nitrogens is 1. The quantitative estimate of drug-likeness (QED) is 0.846. The zero-order chi connectivity index (χ0) is 10.2. The van der Waals surface area contributed by atoms with E-state index in [-0.39, 0.29) is 10.8 Å². The van der Waals surface area contributed by atoms with Gasteiger partial charge in [0.15, 0.2) is 0 Å². The lowest BCUT2D eigenvalue weighted by Crippen LogP contribution is -2.32. The Balaban J connectivity index is 2.18. The van der Waals surface area contributed by atoms with Crippen LogP contribution in [0.25, 0.3) is 0 Å². The molecule has 14 heavy (non-hydrogen) atoms. The summed E-state index contributed by atoms with van der Waals surface area (Å²) in [5, 5.41) is 0. The molecule has 0 amide bonds. The van der Waals surface area contributed by atoms with Crippen LogP contribution in [0.3, 0.4) is 0 Å². The van der Waals surface area contributed by atoms with E-state index in [4.69, 9.17) is 5.73 Å². The van der Waals surface area contributed by atoms with E-state index in [2.05, 4.69) is 17.4 Å². The van der Waals surface area contributed by atoms with Crippen molar-refractivity contribution in [3.8, 4) is 0 Å². The highest BCUT2D eigenvalue weighted by atomic mass is 32.2. The fourth-order valence-electron chi connectivity index (χ4n) is 1.88. The largest absolute Gasteiger partial charge is 0.322 e. The summed E-state index contributed by atoms with van der Waals surface area (Å²) in [7, 11) is 0. The van der Waals surface area contributed by atoms with Crippen LogP contribution in [-0.4, -0.2) is 14.9 Å². The second-order valence-electron chi connectivity index (χ2n) is 4.11. The van der Waals surface area contributed by atoms with Gasteiger partial charge in [0.05, 0.1) is 11.7 Å². The van der Waals surface area contributed by atoms with Crippen molar-refractivity contribution in [3.63, 3.8) is 0 Å². The summed E-state index contributed by atoms with van der Waals surface area (Å²) in [6.07, 6.45) is 2.53. The molecule has 1 aromatic heterocycles. The van der Waals surface area contributed by atoms with Gasteiger partial charge >= 0.3 is 0 Å². The number of hydrogen-bond donors (Lipinski definition) is 1. The van der Waals surface area contributed by atoms with E-state index in [1.165, 1.54) is 23.5 Å². The van der Waals surface area contributed by atoms with E-state index in [1.54, 1.807) is 11.5 Å². The Morgan fingerprint density at radius 2 is 2.43 bits per heavy atom. The maximum Gasteiger partial charge on any atom is 0.0552 e. The van der Waals surface area contributed by atoms with Crippen LogP contribution in [0.15, 0.2) is 6.07 Å². The van der Waals surface area contributed by atoms with Crippen LogP contribution in [0.2, 0.25) is 0 Å². The van der Waals surface area contributed by atoms with Gasteiger partial charge in [-0.15, -0.1) is 0 Å². The Labute approximate surface area is 93.4 Å². The smallest absolute Gasteiger partial charge is 0.0552 e. The van der Waals surface area contributed by atoms with Crippen molar-refractivity contribution in [2.24, 2.45) is 5.73 Å². The summed E-state index contributed by atoms with van der Waals surface area (Å²) >= 11 is 3.57. The van der Waals surface area contributed by atoms with Crippen molar-refractivity contribution in [1.29, 1.82) is 0 Å². The van der Waals surface area contributed by atoms with Crippen LogP contribution in [-0.2, 0) is 0 Å². The Kier molecular flexibility index (Phi) is 2.86. The molecule has 0 bridgehead atoms. The lowest BCUT2D eigenvalue weighted by atomic mass is 9.95. The molecule has 2 rings (SSSR count). The third kappa shape index (κ3) is 1.83. The standard InChI is InChI=1S/C10H16N2S2/c1-7-6-8(14-12-7)9(11)10(2)4-3-5-13-10/h6,9H,3-5,11H2,1-2H3. The second kappa shape index (κ2) is 3.83. The summed E-state index contributed by atoms with van der Waals surface area (Å²) in [6, 6.07) is 2.28. The van der Waals surface area contributed by atoms with Crippen molar-refractivity contribution in [2.45, 2.75) is 37.5 Å². The molecular formula is C10H16N2S2. The maximum atomic E-state index is 6.30. The molecule has 1 fully saturated rings. The summed E-state index contributed by atoms with van der Waals surface area (Å²) in [4.78, 5) is 1.24. The van der Waals surface area contributed by atoms with Gasteiger partial charge in [0.1, 0.15) is 0 Å². The normalized spacial score (nSPS) is 29.4. The minimum atomic E-state index is 0.154. The first-order chi connectivity index (χ1) is 6.62. The number of nitrogens with zero attached hydrogens (tertiary/aromatic N) is 1. The monoisotopic (exact) mass is 228 g/mol. The average molecular weight is 228 g/mol. The van der Waals surface area contributed by atoms with Crippen molar-refractivity contribution < 1.29 is 0 Å². The highest BCUT2D eigenvalue weighted by Gasteiger charge is 2.37. The summed E-state index contributed by atoms with van der Waals surface area (Å²) in [5.41, 5.74) is 7.39. The van der Waals surface area contributed by atoms with E-state index in [0.717, 1.165) is 5.69 Å². The molecule has 0 aromatic carbocycles. The molecule has 0 aliphatic carbocycles. The topological polar surface area (TPSA) is 38.9 Å². The van der Waals surface area contributed by atoms with Crippen LogP contribution in [0.4, 0.5) is 0 Å². The van der Waals surface area contributed by atoms with E-state index < -0.39 is 0 Å². The fraction of sp³-hybridized carbons (Fsp3) is 0.700. The minimum absolute atomic E-state index is 0.154. The number of nitrogens with two attached hydrogens (primary N) is 1. The zero-order valence-electron chi connectivity index (χ0n) is 8.62. The van der Waals surface area contributed by atoms with E-state index in [1.807, 2.05) is 18.7 Å². The molecular weight excluding hydrogens is 212 g/mol. The molecule has 1 aliphatic rings. The molecule has 2 unspecified atom stereocenters. The summed E-state index contributed by atoms with van der Waals surface area (Å²) in [5.74, 6) is 1.25. The summed E-state index contributed by atoms with van der Waals surface area (Å²) in [6.45, 7) is 4.31. The van der Waals surface area contributed by atoms with Gasteiger partial charge in [0.25, 0.3) is 0 Å². The molecule has 0 spiro atoms. The Morgan fingerprint density at radius 1 is 1.64 bits per heavy atom. The SMILES string of the molecule is Cc1cc(C(N)C2(C)CCCS2)sn1. The van der Waals surface area contributed by atoms with Gasteiger partial charge in [-0.25, -0.2) is 0 Å². The molecule has 2 N–H and O–H groups in total. The number of rotatable bonds is 2. The van der Waals surface area contributed by atoms with Crippen LogP contribution in [0.1, 0.15) is 36.4 Å². The van der Waals surface area contributed by atoms with Crippen LogP contribution < -0.4 is 5.73 Å². The number of hydrogen-bond acceptors (Lipinski definition) is 4. The van der Waals surface area contributed by atoms with Crippen molar-refractivity contribution in [1.82, 2.24) is 4.37 Å². The third-order valence-electron chi connectivity index (χ3n) is 2.86. The van der Waals surface area contributed by atoms with Gasteiger partial charge in [0, 0.05) is 9.62 Å². The average Bonchev–Trinajstić information content (AvgIpc) is 2.74. The maximum absolute atomic E-state index is 6.30. The Morgan fingerprint density at radius 3 is 2.93 bits per heavy atom. The first kappa shape index (κ1) is 10.5. The lowest BCUT2D eigenvalue weighted by molar-refractivity contribution is 0.508. The molecule has 0 saturated carbocycles. The Hall–Kier alpha value is -0.0600. The first-order valence-electron chi connectivity index (χ1n) is 4.94. The van der Waals surface area contributed by atoms with Gasteiger partial charge in [0.2, 0.25) is 0 Å². The molecule has 0 radical (unpaired) electrons. The van der Waals surface area contributed by atoms with Gasteiger partial charge in [-0.05, 0) is 50.0 Å². The van der Waals surface area contributed by atoms with Gasteiger partial charge in [-0.3, -0.25) is 0 Å². The highest BCUT2D eigenvalue weighted by molar-refractivity contribution is 8.00. The van der Waals surface area contributed by atoms with Gasteiger partial charge in [-0.2, -0.15) is 16.1 Å². The van der Waals surface area contributed by atoms with Crippen LogP contribution in [0.5, 0.6) is 0 Å². The molecule has 1 aromatic rings. The second-order valence-corrected chi connectivity index (χ2v) is 6.58. The third-order valence-corrected chi connectivity index (χ3v) is 5.43. The van der Waals surface area contributed by atoms with Gasteiger partial charge in [-0.1, -0.05) is 0 Å². The molecule has 2 atom stereocenters. The Bertz CT molecular complexity index is 316. The number of aryl methyl sites for hydroxylation is 1. The predicted molar refractivity (Wildman–Crippen MR) is 63.9 cm³/mol. The molecule has 1 aliphatic heterocycles. The van der Waals surface area contributed by atoms with E-state index in [9.17, 15) is 0 Å². The molecule has 78 valence electrons. The van der Waals surface area contributed by atoms with Gasteiger partial charge < -0.3 is 5.73 Å². The molecule has 2 heterocycles. The highest BCUT2D eigenvalue weighted by Crippen LogP contribution is 2.46. The first-order valence-corrected chi connectivity index (χ1v) is 6.70. The van der Waals surface area contributed by atoms with Crippen molar-refractivity contribution >= 4 is 23.3 Å². The fourth-order valence-corrected chi connectivity index (χ4v) is 4.20. The lowest BCUT2D eigenvalue weighted by Gasteiger charge is -2.29. The molecule has 2 nitrogen and oxygen atoms in total. The van der Waals surface area contributed by atoms with Crippen molar-refractivity contribution in [3.05, 3.63) is 16.6 Å². The van der Waals surface area contributed by atoms with Crippen LogP contribution in [0, 0.1) is 6.92 Å². The molecule has 4 heteroatoms. The van der Waals surface area contributed by atoms with Crippen molar-refractivity contribution in [2.75, 3.05) is 5.75 Å².